The molecule has 4 aromatic carbocycles. The lowest BCUT2D eigenvalue weighted by Crippen LogP contribution is -2.46. The molecule has 2 aliphatic rings. The molecule has 2 heterocycles. The average Bonchev–Trinajstić information content (AvgIpc) is 3.14. The van der Waals surface area contributed by atoms with Crippen LogP contribution in [0.25, 0.3) is 11.1 Å². The first kappa shape index (κ1) is 36.1. The molecule has 0 bridgehead atoms. The van der Waals surface area contributed by atoms with Crippen LogP contribution in [0.15, 0.2) is 89.8 Å². The Morgan fingerprint density at radius 2 is 1.71 bits per heavy atom. The van der Waals surface area contributed by atoms with Gasteiger partial charge in [-0.2, -0.15) is 0 Å². The molecular formula is C37H40ClN5O7S. The third-order valence-electron chi connectivity index (χ3n) is 9.36. The maximum atomic E-state index is 13.3. The smallest absolute Gasteiger partial charge is 0.293 e. The van der Waals surface area contributed by atoms with E-state index in [-0.39, 0.29) is 17.0 Å². The highest BCUT2D eigenvalue weighted by atomic mass is 35.5. The molecule has 1 amide bonds. The molecule has 0 aromatic heterocycles. The molecule has 0 aliphatic carbocycles. The van der Waals surface area contributed by atoms with Crippen LogP contribution >= 0.6 is 11.6 Å². The Hall–Kier alpha value is -4.69. The maximum absolute atomic E-state index is 13.3. The number of amides is 1. The van der Waals surface area contributed by atoms with Crippen LogP contribution in [0.3, 0.4) is 0 Å². The van der Waals surface area contributed by atoms with E-state index in [1.165, 1.54) is 36.4 Å². The Morgan fingerprint density at radius 3 is 2.41 bits per heavy atom. The monoisotopic (exact) mass is 733 g/mol. The fourth-order valence-electron chi connectivity index (χ4n) is 6.46. The van der Waals surface area contributed by atoms with E-state index in [4.69, 9.17) is 21.1 Å². The Balaban J connectivity index is 1.09. The van der Waals surface area contributed by atoms with Crippen LogP contribution in [-0.4, -0.2) is 77.2 Å². The summed E-state index contributed by atoms with van der Waals surface area (Å²) in [6.45, 7) is 5.68. The van der Waals surface area contributed by atoms with Gasteiger partial charge in [-0.15, -0.1) is 0 Å². The summed E-state index contributed by atoms with van der Waals surface area (Å²) in [5.74, 6) is -0.411. The number of nitro groups is 1. The number of hydrogen-bond donors (Lipinski definition) is 2. The number of ether oxygens (including phenoxy) is 2. The number of piperazine rings is 1. The number of anilines is 2. The van der Waals surface area contributed by atoms with Crippen LogP contribution in [0.1, 0.15) is 28.8 Å². The summed E-state index contributed by atoms with van der Waals surface area (Å²) in [6.07, 6.45) is 1.67. The normalized spacial score (nSPS) is 15.7. The fourth-order valence-corrected chi connectivity index (χ4v) is 7.57. The van der Waals surface area contributed by atoms with Crippen molar-refractivity contribution < 1.29 is 27.6 Å². The van der Waals surface area contributed by atoms with Crippen LogP contribution in [0.4, 0.5) is 17.1 Å². The number of nitrogens with one attached hydrogen (secondary N) is 2. The molecule has 0 saturated carbocycles. The van der Waals surface area contributed by atoms with E-state index >= 15 is 0 Å². The Bertz CT molecular complexity index is 1980. The van der Waals surface area contributed by atoms with Gasteiger partial charge in [-0.25, -0.2) is 13.1 Å². The Labute approximate surface area is 302 Å². The van der Waals surface area contributed by atoms with Gasteiger partial charge in [-0.3, -0.25) is 19.8 Å². The molecule has 0 atom stereocenters. The predicted octanol–water partition coefficient (Wildman–Crippen LogP) is 6.20. The van der Waals surface area contributed by atoms with Gasteiger partial charge in [0.2, 0.25) is 0 Å². The first-order valence-corrected chi connectivity index (χ1v) is 18.6. The summed E-state index contributed by atoms with van der Waals surface area (Å²) < 4.78 is 39.4. The number of hydrogen-bond acceptors (Lipinski definition) is 10. The van der Waals surface area contributed by atoms with Crippen molar-refractivity contribution in [3.63, 3.8) is 0 Å². The summed E-state index contributed by atoms with van der Waals surface area (Å²) in [5.41, 5.74) is 4.19. The molecule has 2 aliphatic heterocycles. The molecule has 2 fully saturated rings. The van der Waals surface area contributed by atoms with E-state index in [1.807, 2.05) is 41.1 Å². The van der Waals surface area contributed by atoms with E-state index < -0.39 is 31.4 Å². The van der Waals surface area contributed by atoms with Crippen LogP contribution in [0.5, 0.6) is 5.75 Å². The lowest BCUT2D eigenvalue weighted by Gasteiger charge is -2.36. The van der Waals surface area contributed by atoms with Crippen molar-refractivity contribution in [2.75, 3.05) is 63.3 Å². The quantitative estimate of drug-likeness (QED) is 0.128. The minimum Gasteiger partial charge on any atom is -0.496 e. The second-order valence-corrected chi connectivity index (χ2v) is 14.7. The van der Waals surface area contributed by atoms with E-state index in [1.54, 1.807) is 12.1 Å². The third-order valence-corrected chi connectivity index (χ3v) is 10.9. The van der Waals surface area contributed by atoms with Gasteiger partial charge in [0.15, 0.2) is 0 Å². The van der Waals surface area contributed by atoms with Gasteiger partial charge in [-0.05, 0) is 71.8 Å². The number of rotatable bonds is 12. The second-order valence-electron chi connectivity index (χ2n) is 12.6. The summed E-state index contributed by atoms with van der Waals surface area (Å²) in [5, 5.41) is 15.6. The van der Waals surface area contributed by atoms with Gasteiger partial charge >= 0.3 is 0 Å². The zero-order valence-electron chi connectivity index (χ0n) is 28.2. The Morgan fingerprint density at radius 1 is 0.980 bits per heavy atom. The largest absolute Gasteiger partial charge is 0.496 e. The maximum Gasteiger partial charge on any atom is 0.293 e. The minimum absolute atomic E-state index is 0.0199. The highest BCUT2D eigenvalue weighted by molar-refractivity contribution is 7.90. The molecule has 0 spiro atoms. The van der Waals surface area contributed by atoms with Crippen molar-refractivity contribution in [1.29, 1.82) is 0 Å². The van der Waals surface area contributed by atoms with Crippen molar-refractivity contribution in [1.82, 2.24) is 9.62 Å². The topological polar surface area (TPSA) is 143 Å². The minimum atomic E-state index is -4.45. The van der Waals surface area contributed by atoms with Crippen LogP contribution in [-0.2, 0) is 21.3 Å². The van der Waals surface area contributed by atoms with Crippen molar-refractivity contribution in [2.45, 2.75) is 24.3 Å². The zero-order chi connectivity index (χ0) is 36.0. The lowest BCUT2D eigenvalue weighted by molar-refractivity contribution is -0.384. The number of carbonyl (C=O) groups is 1. The molecule has 6 rings (SSSR count). The van der Waals surface area contributed by atoms with Crippen LogP contribution < -0.4 is 19.7 Å². The molecule has 0 unspecified atom stereocenters. The van der Waals surface area contributed by atoms with Crippen molar-refractivity contribution in [3.05, 3.63) is 111 Å². The first-order valence-electron chi connectivity index (χ1n) is 16.8. The van der Waals surface area contributed by atoms with Gasteiger partial charge in [0.1, 0.15) is 11.4 Å². The average molecular weight is 734 g/mol. The highest BCUT2D eigenvalue weighted by Gasteiger charge is 2.27. The van der Waals surface area contributed by atoms with Crippen molar-refractivity contribution >= 4 is 44.6 Å². The van der Waals surface area contributed by atoms with Crippen molar-refractivity contribution in [2.24, 2.45) is 5.92 Å². The SMILES string of the molecule is COc1cc(N2CCN(Cc3ccccc3-c3ccc(Cl)cc3)CC2)ccc1C(=O)NS(=O)(=O)c1ccc(NCC2CCOCC2)c([N+](=O)[O-])c1. The standard InChI is InChI=1S/C37H40ClN5O7S/c1-49-36-22-30(42-18-16-41(17-19-42)25-28-4-2-3-5-32(28)27-6-8-29(38)9-7-27)10-12-33(36)37(44)40-51(47,48)31-11-13-34(35(23-31)43(45)46)39-24-26-14-20-50-21-15-26/h2-13,22-23,26,39H,14-21,24-25H2,1H3,(H,40,44). The molecule has 14 heteroatoms. The fraction of sp³-hybridized carbons (Fsp3) is 0.324. The predicted molar refractivity (Wildman–Crippen MR) is 197 cm³/mol. The number of halogens is 1. The number of sulfonamides is 1. The van der Waals surface area contributed by atoms with E-state index in [0.717, 1.165) is 62.9 Å². The number of nitro benzene ring substituents is 1. The molecule has 12 nitrogen and oxygen atoms in total. The highest BCUT2D eigenvalue weighted by Crippen LogP contribution is 2.31. The number of carbonyl (C=O) groups excluding carboxylic acids is 1. The summed E-state index contributed by atoms with van der Waals surface area (Å²) in [7, 11) is -3.04. The van der Waals surface area contributed by atoms with Gasteiger partial charge in [0.25, 0.3) is 21.6 Å². The van der Waals surface area contributed by atoms with E-state index in [0.29, 0.717) is 30.7 Å². The van der Waals surface area contributed by atoms with Gasteiger partial charge < -0.3 is 19.7 Å². The third kappa shape index (κ3) is 8.79. The molecule has 51 heavy (non-hydrogen) atoms. The molecule has 268 valence electrons. The summed E-state index contributed by atoms with van der Waals surface area (Å²) in [4.78, 5) is 28.7. The van der Waals surface area contributed by atoms with E-state index in [9.17, 15) is 23.3 Å². The van der Waals surface area contributed by atoms with E-state index in [2.05, 4.69) is 27.2 Å². The molecule has 2 saturated heterocycles. The molecule has 2 N–H and O–H groups in total. The second kappa shape index (κ2) is 16.1. The summed E-state index contributed by atoms with van der Waals surface area (Å²) in [6, 6.07) is 24.8. The van der Waals surface area contributed by atoms with Gasteiger partial charge in [-0.1, -0.05) is 48.0 Å². The lowest BCUT2D eigenvalue weighted by atomic mass is 9.99. The Kier molecular flexibility index (Phi) is 11.4. The van der Waals surface area contributed by atoms with Crippen molar-refractivity contribution in [3.8, 4) is 16.9 Å². The molecule has 4 aromatic rings. The van der Waals surface area contributed by atoms with Crippen LogP contribution in [0.2, 0.25) is 5.02 Å². The number of benzene rings is 4. The number of nitrogens with zero attached hydrogens (tertiary/aromatic N) is 3. The van der Waals surface area contributed by atoms with Gasteiger partial charge in [0, 0.05) is 75.3 Å². The molecular weight excluding hydrogens is 694 g/mol. The first-order chi connectivity index (χ1) is 24.6. The zero-order valence-corrected chi connectivity index (χ0v) is 29.8. The van der Waals surface area contributed by atoms with Crippen LogP contribution in [0, 0.1) is 16.0 Å². The summed E-state index contributed by atoms with van der Waals surface area (Å²) >= 11 is 6.11. The molecule has 0 radical (unpaired) electrons. The van der Waals surface area contributed by atoms with Gasteiger partial charge in [0.05, 0.1) is 22.5 Å². The number of methoxy groups -OCH3 is 1.